The Morgan fingerprint density at radius 3 is 2.89 bits per heavy atom. The zero-order valence-corrected chi connectivity index (χ0v) is 11.0. The number of rotatable bonds is 3. The molecular weight excluding hydrogens is 260 g/mol. The van der Waals surface area contributed by atoms with Gasteiger partial charge in [0.2, 0.25) is 0 Å². The molecule has 96 valence electrons. The van der Waals surface area contributed by atoms with Crippen LogP contribution < -0.4 is 5.73 Å². The topological polar surface area (TPSA) is 52.0 Å². The van der Waals surface area contributed by atoms with Crippen molar-refractivity contribution in [1.29, 1.82) is 0 Å². The minimum Gasteiger partial charge on any atom is -0.459 e. The van der Waals surface area contributed by atoms with Gasteiger partial charge in [0.1, 0.15) is 11.3 Å². The SMILES string of the molecule is NC(Cc1ccccn1)c1cc2cc(Cl)ccc2o1. The van der Waals surface area contributed by atoms with E-state index in [4.69, 9.17) is 21.8 Å². The number of hydrogen-bond donors (Lipinski definition) is 1. The third kappa shape index (κ3) is 2.62. The van der Waals surface area contributed by atoms with Crippen LogP contribution in [0.2, 0.25) is 5.02 Å². The Balaban J connectivity index is 1.87. The average molecular weight is 273 g/mol. The molecule has 0 fully saturated rings. The Bertz CT molecular complexity index is 694. The summed E-state index contributed by atoms with van der Waals surface area (Å²) in [7, 11) is 0. The van der Waals surface area contributed by atoms with Crippen LogP contribution in [-0.2, 0) is 6.42 Å². The largest absolute Gasteiger partial charge is 0.459 e. The van der Waals surface area contributed by atoms with Crippen molar-refractivity contribution < 1.29 is 4.42 Å². The van der Waals surface area contributed by atoms with Crippen molar-refractivity contribution in [3.8, 4) is 0 Å². The molecule has 0 aliphatic rings. The van der Waals surface area contributed by atoms with Crippen molar-refractivity contribution in [2.24, 2.45) is 5.73 Å². The standard InChI is InChI=1S/C15H13ClN2O/c16-11-4-5-14-10(7-11)8-15(19-14)13(17)9-12-3-1-2-6-18-12/h1-8,13H,9,17H2. The molecule has 0 aliphatic heterocycles. The lowest BCUT2D eigenvalue weighted by molar-refractivity contribution is 0.491. The zero-order valence-electron chi connectivity index (χ0n) is 10.2. The normalized spacial score (nSPS) is 12.7. The summed E-state index contributed by atoms with van der Waals surface area (Å²) in [5.74, 6) is 0.753. The fraction of sp³-hybridized carbons (Fsp3) is 0.133. The molecular formula is C15H13ClN2O. The van der Waals surface area contributed by atoms with E-state index < -0.39 is 0 Å². The van der Waals surface area contributed by atoms with E-state index in [1.807, 2.05) is 36.4 Å². The number of aromatic nitrogens is 1. The summed E-state index contributed by atoms with van der Waals surface area (Å²) in [5, 5.41) is 1.66. The molecule has 3 aromatic rings. The van der Waals surface area contributed by atoms with Crippen LogP contribution in [0.15, 0.2) is 53.1 Å². The lowest BCUT2D eigenvalue weighted by Gasteiger charge is -2.07. The van der Waals surface area contributed by atoms with Gasteiger partial charge in [0.15, 0.2) is 0 Å². The van der Waals surface area contributed by atoms with Gasteiger partial charge in [0.05, 0.1) is 6.04 Å². The first-order valence-corrected chi connectivity index (χ1v) is 6.44. The monoisotopic (exact) mass is 272 g/mol. The number of fused-ring (bicyclic) bond motifs is 1. The highest BCUT2D eigenvalue weighted by atomic mass is 35.5. The van der Waals surface area contributed by atoms with Gasteiger partial charge in [-0.15, -0.1) is 0 Å². The predicted octanol–water partition coefficient (Wildman–Crippen LogP) is 3.72. The molecule has 2 aromatic heterocycles. The van der Waals surface area contributed by atoms with Crippen molar-refractivity contribution in [2.45, 2.75) is 12.5 Å². The van der Waals surface area contributed by atoms with Gasteiger partial charge in [-0.2, -0.15) is 0 Å². The average Bonchev–Trinajstić information content (AvgIpc) is 2.83. The van der Waals surface area contributed by atoms with E-state index in [1.165, 1.54) is 0 Å². The number of nitrogens with zero attached hydrogens (tertiary/aromatic N) is 1. The molecule has 2 heterocycles. The maximum atomic E-state index is 6.16. The Hall–Kier alpha value is -1.84. The smallest absolute Gasteiger partial charge is 0.134 e. The maximum Gasteiger partial charge on any atom is 0.134 e. The molecule has 0 aliphatic carbocycles. The number of pyridine rings is 1. The van der Waals surface area contributed by atoms with Crippen LogP contribution in [0.5, 0.6) is 0 Å². The van der Waals surface area contributed by atoms with Crippen LogP contribution in [0.3, 0.4) is 0 Å². The van der Waals surface area contributed by atoms with Crippen LogP contribution in [-0.4, -0.2) is 4.98 Å². The van der Waals surface area contributed by atoms with Crippen LogP contribution in [0.1, 0.15) is 17.5 Å². The fourth-order valence-electron chi connectivity index (χ4n) is 2.06. The first kappa shape index (κ1) is 12.2. The summed E-state index contributed by atoms with van der Waals surface area (Å²) >= 11 is 5.95. The van der Waals surface area contributed by atoms with Crippen LogP contribution >= 0.6 is 11.6 Å². The zero-order chi connectivity index (χ0) is 13.2. The van der Waals surface area contributed by atoms with Crippen molar-refractivity contribution in [1.82, 2.24) is 4.98 Å². The highest BCUT2D eigenvalue weighted by Gasteiger charge is 2.13. The molecule has 4 heteroatoms. The third-order valence-corrected chi connectivity index (χ3v) is 3.25. The fourth-order valence-corrected chi connectivity index (χ4v) is 2.24. The second kappa shape index (κ2) is 5.03. The van der Waals surface area contributed by atoms with E-state index in [1.54, 1.807) is 12.3 Å². The summed E-state index contributed by atoms with van der Waals surface area (Å²) in [5.41, 5.74) is 7.92. The van der Waals surface area contributed by atoms with E-state index in [0.717, 1.165) is 22.4 Å². The van der Waals surface area contributed by atoms with E-state index in [-0.39, 0.29) is 6.04 Å². The minimum atomic E-state index is -0.207. The number of nitrogens with two attached hydrogens (primary N) is 1. The summed E-state index contributed by atoms with van der Waals surface area (Å²) in [6.07, 6.45) is 2.41. The number of hydrogen-bond acceptors (Lipinski definition) is 3. The van der Waals surface area contributed by atoms with Crippen LogP contribution in [0.4, 0.5) is 0 Å². The Morgan fingerprint density at radius 2 is 2.11 bits per heavy atom. The molecule has 0 spiro atoms. The molecule has 1 atom stereocenters. The quantitative estimate of drug-likeness (QED) is 0.790. The molecule has 0 radical (unpaired) electrons. The van der Waals surface area contributed by atoms with Gasteiger partial charge in [-0.3, -0.25) is 4.98 Å². The second-order valence-corrected chi connectivity index (χ2v) is 4.90. The van der Waals surface area contributed by atoms with Crippen LogP contribution in [0.25, 0.3) is 11.0 Å². The lowest BCUT2D eigenvalue weighted by Crippen LogP contribution is -2.13. The molecule has 0 saturated heterocycles. The first-order valence-electron chi connectivity index (χ1n) is 6.07. The maximum absolute atomic E-state index is 6.16. The van der Waals surface area contributed by atoms with Gasteiger partial charge in [0.25, 0.3) is 0 Å². The molecule has 0 amide bonds. The highest BCUT2D eigenvalue weighted by Crippen LogP contribution is 2.26. The van der Waals surface area contributed by atoms with Crippen molar-refractivity contribution >= 4 is 22.6 Å². The van der Waals surface area contributed by atoms with Crippen molar-refractivity contribution in [3.63, 3.8) is 0 Å². The first-order chi connectivity index (χ1) is 9.22. The number of halogens is 1. The van der Waals surface area contributed by atoms with Gasteiger partial charge in [0, 0.05) is 28.7 Å². The molecule has 3 nitrogen and oxygen atoms in total. The predicted molar refractivity (Wildman–Crippen MR) is 76.1 cm³/mol. The minimum absolute atomic E-state index is 0.207. The molecule has 0 saturated carbocycles. The molecule has 1 aromatic carbocycles. The van der Waals surface area contributed by atoms with Crippen molar-refractivity contribution in [3.05, 3.63) is 65.1 Å². The van der Waals surface area contributed by atoms with Crippen LogP contribution in [0, 0.1) is 0 Å². The van der Waals surface area contributed by atoms with Gasteiger partial charge in [-0.1, -0.05) is 17.7 Å². The Morgan fingerprint density at radius 1 is 1.21 bits per heavy atom. The number of benzene rings is 1. The van der Waals surface area contributed by atoms with Crippen molar-refractivity contribution in [2.75, 3.05) is 0 Å². The molecule has 3 rings (SSSR count). The summed E-state index contributed by atoms with van der Waals surface area (Å²) in [6, 6.07) is 13.1. The summed E-state index contributed by atoms with van der Waals surface area (Å²) in [4.78, 5) is 4.27. The second-order valence-electron chi connectivity index (χ2n) is 4.46. The Kier molecular flexibility index (Phi) is 3.23. The summed E-state index contributed by atoms with van der Waals surface area (Å²) < 4.78 is 5.75. The van der Waals surface area contributed by atoms with Gasteiger partial charge in [-0.05, 0) is 36.4 Å². The van der Waals surface area contributed by atoms with Gasteiger partial charge < -0.3 is 10.2 Å². The molecule has 19 heavy (non-hydrogen) atoms. The van der Waals surface area contributed by atoms with Gasteiger partial charge >= 0.3 is 0 Å². The Labute approximate surface area is 116 Å². The molecule has 0 bridgehead atoms. The molecule has 1 unspecified atom stereocenters. The van der Waals surface area contributed by atoms with E-state index in [2.05, 4.69) is 4.98 Å². The lowest BCUT2D eigenvalue weighted by atomic mass is 10.1. The van der Waals surface area contributed by atoms with E-state index in [9.17, 15) is 0 Å². The molecule has 2 N–H and O–H groups in total. The third-order valence-electron chi connectivity index (χ3n) is 3.02. The van der Waals surface area contributed by atoms with E-state index in [0.29, 0.717) is 11.4 Å². The number of furan rings is 1. The van der Waals surface area contributed by atoms with E-state index >= 15 is 0 Å². The van der Waals surface area contributed by atoms with Gasteiger partial charge in [-0.25, -0.2) is 0 Å². The highest BCUT2D eigenvalue weighted by molar-refractivity contribution is 6.31. The summed E-state index contributed by atoms with van der Waals surface area (Å²) in [6.45, 7) is 0.